The molecule has 0 aromatic heterocycles. The van der Waals surface area contributed by atoms with Crippen LogP contribution in [0.1, 0.15) is 38.3 Å². The Morgan fingerprint density at radius 1 is 1.33 bits per heavy atom. The van der Waals surface area contributed by atoms with Gasteiger partial charge in [0.2, 0.25) is 0 Å². The Balaban J connectivity index is 2.05. The summed E-state index contributed by atoms with van der Waals surface area (Å²) >= 11 is 0. The van der Waals surface area contributed by atoms with Crippen LogP contribution in [0.2, 0.25) is 0 Å². The summed E-state index contributed by atoms with van der Waals surface area (Å²) in [5.41, 5.74) is 2.04. The second-order valence-corrected chi connectivity index (χ2v) is 8.03. The molecule has 132 valence electrons. The van der Waals surface area contributed by atoms with Crippen molar-refractivity contribution in [3.05, 3.63) is 35.4 Å². The Morgan fingerprint density at radius 2 is 1.96 bits per heavy atom. The highest BCUT2D eigenvalue weighted by molar-refractivity contribution is 5.66. The van der Waals surface area contributed by atoms with Crippen LogP contribution in [0, 0.1) is 5.41 Å². The lowest BCUT2D eigenvalue weighted by atomic mass is 9.53. The molecule has 2 unspecified atom stereocenters. The molecule has 1 aromatic carbocycles. The standard InChI is InChI=1S/C19H27NO4/c1-18(2,3)16(20(4)17(21)22)19(12-15-23-9-10-24-15)11-13-7-5-6-8-14(13)19/h5-8,15-16H,9-12H2,1-4H3,(H,21,22). The minimum Gasteiger partial charge on any atom is -0.465 e. The highest BCUT2D eigenvalue weighted by atomic mass is 16.7. The Morgan fingerprint density at radius 3 is 2.50 bits per heavy atom. The van der Waals surface area contributed by atoms with Gasteiger partial charge in [-0.25, -0.2) is 4.79 Å². The summed E-state index contributed by atoms with van der Waals surface area (Å²) in [4.78, 5) is 13.3. The SMILES string of the molecule is CN(C(=O)O)C(C(C)(C)C)C1(CC2OCCO2)Cc2ccccc21. The van der Waals surface area contributed by atoms with E-state index in [1.165, 1.54) is 16.0 Å². The molecule has 0 spiro atoms. The molecule has 1 aromatic rings. The van der Waals surface area contributed by atoms with E-state index < -0.39 is 6.09 Å². The molecule has 1 N–H and O–H groups in total. The lowest BCUT2D eigenvalue weighted by Crippen LogP contribution is -2.62. The van der Waals surface area contributed by atoms with Gasteiger partial charge in [-0.15, -0.1) is 0 Å². The minimum absolute atomic E-state index is 0.162. The normalized spacial score (nSPS) is 25.0. The summed E-state index contributed by atoms with van der Waals surface area (Å²) in [5, 5.41) is 9.67. The van der Waals surface area contributed by atoms with E-state index in [2.05, 4.69) is 32.9 Å². The zero-order valence-corrected chi connectivity index (χ0v) is 14.9. The van der Waals surface area contributed by atoms with Crippen LogP contribution in [-0.2, 0) is 21.3 Å². The summed E-state index contributed by atoms with van der Waals surface area (Å²) in [6.07, 6.45) is 0.382. The van der Waals surface area contributed by atoms with Gasteiger partial charge in [0.1, 0.15) is 0 Å². The molecule has 3 rings (SSSR count). The highest BCUT2D eigenvalue weighted by Crippen LogP contribution is 2.53. The van der Waals surface area contributed by atoms with E-state index in [4.69, 9.17) is 9.47 Å². The number of amides is 1. The van der Waals surface area contributed by atoms with Crippen LogP contribution < -0.4 is 0 Å². The van der Waals surface area contributed by atoms with Crippen molar-refractivity contribution in [3.8, 4) is 0 Å². The maximum absolute atomic E-state index is 11.8. The number of carboxylic acid groups (broad SMARTS) is 1. The predicted molar refractivity (Wildman–Crippen MR) is 91.2 cm³/mol. The first-order valence-corrected chi connectivity index (χ1v) is 8.53. The van der Waals surface area contributed by atoms with E-state index in [-0.39, 0.29) is 23.2 Å². The molecular weight excluding hydrogens is 306 g/mol. The third-order valence-electron chi connectivity index (χ3n) is 5.31. The molecule has 1 amide bonds. The third-order valence-corrected chi connectivity index (χ3v) is 5.31. The van der Waals surface area contributed by atoms with Gasteiger partial charge in [-0.1, -0.05) is 45.0 Å². The first-order chi connectivity index (χ1) is 11.3. The molecule has 1 heterocycles. The van der Waals surface area contributed by atoms with Crippen LogP contribution in [0.25, 0.3) is 0 Å². The average Bonchev–Trinajstić information content (AvgIpc) is 2.97. The Bertz CT molecular complexity index is 618. The van der Waals surface area contributed by atoms with Crippen molar-refractivity contribution in [1.82, 2.24) is 4.90 Å². The van der Waals surface area contributed by atoms with Crippen LogP contribution in [0.3, 0.4) is 0 Å². The average molecular weight is 333 g/mol. The molecule has 0 saturated carbocycles. The quantitative estimate of drug-likeness (QED) is 0.919. The molecule has 2 atom stereocenters. The number of ether oxygens (including phenoxy) is 2. The fraction of sp³-hybridized carbons (Fsp3) is 0.632. The molecular formula is C19H27NO4. The van der Waals surface area contributed by atoms with E-state index in [1.807, 2.05) is 12.1 Å². The van der Waals surface area contributed by atoms with E-state index in [9.17, 15) is 9.90 Å². The van der Waals surface area contributed by atoms with Crippen LogP contribution in [0.4, 0.5) is 4.79 Å². The van der Waals surface area contributed by atoms with Crippen molar-refractivity contribution in [2.75, 3.05) is 20.3 Å². The van der Waals surface area contributed by atoms with Crippen LogP contribution in [0.5, 0.6) is 0 Å². The lowest BCUT2D eigenvalue weighted by Gasteiger charge is -2.56. The number of fused-ring (bicyclic) bond motifs is 1. The number of likely N-dealkylation sites (N-methyl/N-ethyl adjacent to an activating group) is 1. The number of hydrogen-bond acceptors (Lipinski definition) is 3. The van der Waals surface area contributed by atoms with E-state index in [1.54, 1.807) is 7.05 Å². The minimum atomic E-state index is -0.896. The monoisotopic (exact) mass is 333 g/mol. The molecule has 1 aliphatic carbocycles. The maximum atomic E-state index is 11.8. The zero-order valence-electron chi connectivity index (χ0n) is 14.9. The third kappa shape index (κ3) is 2.80. The van der Waals surface area contributed by atoms with Gasteiger partial charge in [-0.2, -0.15) is 0 Å². The van der Waals surface area contributed by atoms with Crippen molar-refractivity contribution >= 4 is 6.09 Å². The molecule has 5 nitrogen and oxygen atoms in total. The summed E-state index contributed by atoms with van der Waals surface area (Å²) in [7, 11) is 1.68. The Hall–Kier alpha value is -1.59. The fourth-order valence-electron chi connectivity index (χ4n) is 4.74. The Labute approximate surface area is 143 Å². The summed E-state index contributed by atoms with van der Waals surface area (Å²) in [6, 6.07) is 8.17. The smallest absolute Gasteiger partial charge is 0.407 e. The fourth-order valence-corrected chi connectivity index (χ4v) is 4.74. The first kappa shape index (κ1) is 17.2. The number of carbonyl (C=O) groups is 1. The maximum Gasteiger partial charge on any atom is 0.407 e. The Kier molecular flexibility index (Phi) is 4.34. The van der Waals surface area contributed by atoms with Gasteiger partial charge in [0.15, 0.2) is 6.29 Å². The molecule has 1 fully saturated rings. The van der Waals surface area contributed by atoms with E-state index >= 15 is 0 Å². The summed E-state index contributed by atoms with van der Waals surface area (Å²) in [6.45, 7) is 7.54. The van der Waals surface area contributed by atoms with Crippen LogP contribution in [0.15, 0.2) is 24.3 Å². The van der Waals surface area contributed by atoms with Gasteiger partial charge in [0.25, 0.3) is 0 Å². The predicted octanol–water partition coefficient (Wildman–Crippen LogP) is 3.27. The van der Waals surface area contributed by atoms with Crippen molar-refractivity contribution in [2.45, 2.75) is 51.4 Å². The molecule has 1 saturated heterocycles. The first-order valence-electron chi connectivity index (χ1n) is 8.53. The topological polar surface area (TPSA) is 59.0 Å². The number of hydrogen-bond donors (Lipinski definition) is 1. The van der Waals surface area contributed by atoms with Gasteiger partial charge < -0.3 is 19.5 Å². The lowest BCUT2D eigenvalue weighted by molar-refractivity contribution is -0.0830. The summed E-state index contributed by atoms with van der Waals surface area (Å²) < 4.78 is 11.4. The van der Waals surface area contributed by atoms with E-state index in [0.29, 0.717) is 19.6 Å². The van der Waals surface area contributed by atoms with Crippen LogP contribution in [-0.4, -0.2) is 48.7 Å². The van der Waals surface area contributed by atoms with Crippen molar-refractivity contribution < 1.29 is 19.4 Å². The second kappa shape index (κ2) is 6.05. The largest absolute Gasteiger partial charge is 0.465 e. The molecule has 1 aliphatic heterocycles. The van der Waals surface area contributed by atoms with Crippen molar-refractivity contribution in [1.29, 1.82) is 0 Å². The molecule has 2 aliphatic rings. The molecule has 24 heavy (non-hydrogen) atoms. The summed E-state index contributed by atoms with van der Waals surface area (Å²) in [5.74, 6) is 0. The van der Waals surface area contributed by atoms with Gasteiger partial charge in [-0.05, 0) is 23.0 Å². The molecule has 0 bridgehead atoms. The van der Waals surface area contributed by atoms with Crippen LogP contribution >= 0.6 is 0 Å². The number of benzene rings is 1. The highest BCUT2D eigenvalue weighted by Gasteiger charge is 2.56. The van der Waals surface area contributed by atoms with Gasteiger partial charge in [0, 0.05) is 24.9 Å². The van der Waals surface area contributed by atoms with Gasteiger partial charge >= 0.3 is 6.09 Å². The molecule has 0 radical (unpaired) electrons. The van der Waals surface area contributed by atoms with Gasteiger partial charge in [-0.3, -0.25) is 0 Å². The van der Waals surface area contributed by atoms with Crippen molar-refractivity contribution in [3.63, 3.8) is 0 Å². The number of nitrogens with zero attached hydrogens (tertiary/aromatic N) is 1. The van der Waals surface area contributed by atoms with Crippen molar-refractivity contribution in [2.24, 2.45) is 5.41 Å². The van der Waals surface area contributed by atoms with E-state index in [0.717, 1.165) is 6.42 Å². The number of rotatable bonds is 4. The molecule has 5 heteroatoms. The van der Waals surface area contributed by atoms with Gasteiger partial charge in [0.05, 0.1) is 13.2 Å². The second-order valence-electron chi connectivity index (χ2n) is 8.03. The zero-order chi connectivity index (χ0) is 17.5.